The van der Waals surface area contributed by atoms with Crippen molar-refractivity contribution in [2.24, 2.45) is 5.92 Å². The first kappa shape index (κ1) is 18.6. The van der Waals surface area contributed by atoms with Crippen LogP contribution in [0.1, 0.15) is 38.2 Å². The summed E-state index contributed by atoms with van der Waals surface area (Å²) in [7, 11) is 0. The molecular weight excluding hydrogens is 330 g/mol. The molecule has 2 atom stereocenters. The zero-order valence-electron chi connectivity index (χ0n) is 15.5. The molecule has 0 spiro atoms. The number of carbonyl (C=O) groups excluding carboxylic acids is 2. The first-order valence-electron chi connectivity index (χ1n) is 9.55. The molecule has 26 heavy (non-hydrogen) atoms. The van der Waals surface area contributed by atoms with E-state index in [2.05, 4.69) is 22.1 Å². The van der Waals surface area contributed by atoms with E-state index in [1.54, 1.807) is 11.1 Å². The molecule has 0 aromatic carbocycles. The third-order valence-electron chi connectivity index (χ3n) is 5.35. The Morgan fingerprint density at radius 3 is 2.96 bits per heavy atom. The molecule has 0 radical (unpaired) electrons. The number of rotatable bonds is 7. The molecule has 0 saturated carbocycles. The van der Waals surface area contributed by atoms with Crippen molar-refractivity contribution in [2.45, 2.75) is 45.2 Å². The van der Waals surface area contributed by atoms with E-state index in [4.69, 9.17) is 5.73 Å². The van der Waals surface area contributed by atoms with Gasteiger partial charge in [0, 0.05) is 50.4 Å². The van der Waals surface area contributed by atoms with Gasteiger partial charge in [0.05, 0.1) is 6.54 Å². The zero-order valence-corrected chi connectivity index (χ0v) is 15.5. The SMILES string of the molecule is CCC[C@@H]1CN(Cc2cccnc2N)C[C@H]1NC(=O)CN1CCCC1=O. The number of carbonyl (C=O) groups is 2. The first-order chi connectivity index (χ1) is 12.6. The standard InChI is InChI=1S/C19H29N5O2/c1-2-5-14-10-23(11-15-6-3-8-21-19(15)20)12-16(14)22-17(25)13-24-9-4-7-18(24)26/h3,6,8,14,16H,2,4-5,7,9-13H2,1H3,(H2,20,21)(H,22,25)/t14-,16-/m1/s1. The predicted molar refractivity (Wildman–Crippen MR) is 100 cm³/mol. The van der Waals surface area contributed by atoms with E-state index in [1.807, 2.05) is 12.1 Å². The second kappa shape index (κ2) is 8.49. The maximum Gasteiger partial charge on any atom is 0.239 e. The van der Waals surface area contributed by atoms with Crippen molar-refractivity contribution in [1.29, 1.82) is 0 Å². The fourth-order valence-electron chi connectivity index (χ4n) is 4.04. The van der Waals surface area contributed by atoms with Gasteiger partial charge in [0.15, 0.2) is 0 Å². The average molecular weight is 359 g/mol. The van der Waals surface area contributed by atoms with Crippen molar-refractivity contribution >= 4 is 17.6 Å². The Labute approximate surface area is 154 Å². The molecule has 1 aromatic heterocycles. The number of anilines is 1. The third kappa shape index (κ3) is 4.52. The van der Waals surface area contributed by atoms with Crippen LogP contribution >= 0.6 is 0 Å². The van der Waals surface area contributed by atoms with Crippen LogP contribution in [-0.2, 0) is 16.1 Å². The maximum atomic E-state index is 12.4. The number of nitrogen functional groups attached to an aromatic ring is 1. The Morgan fingerprint density at radius 1 is 1.42 bits per heavy atom. The summed E-state index contributed by atoms with van der Waals surface area (Å²) in [5.41, 5.74) is 6.99. The van der Waals surface area contributed by atoms with Gasteiger partial charge in [-0.05, 0) is 24.8 Å². The van der Waals surface area contributed by atoms with E-state index >= 15 is 0 Å². The monoisotopic (exact) mass is 359 g/mol. The van der Waals surface area contributed by atoms with Crippen LogP contribution in [0.5, 0.6) is 0 Å². The molecule has 2 aliphatic heterocycles. The molecule has 2 saturated heterocycles. The zero-order chi connectivity index (χ0) is 18.5. The van der Waals surface area contributed by atoms with Crippen molar-refractivity contribution in [1.82, 2.24) is 20.1 Å². The van der Waals surface area contributed by atoms with Gasteiger partial charge in [0.2, 0.25) is 11.8 Å². The minimum absolute atomic E-state index is 0.0471. The van der Waals surface area contributed by atoms with Gasteiger partial charge in [-0.1, -0.05) is 19.4 Å². The molecule has 0 aliphatic carbocycles. The molecule has 3 heterocycles. The topological polar surface area (TPSA) is 91.6 Å². The quantitative estimate of drug-likeness (QED) is 0.758. The number of hydrogen-bond donors (Lipinski definition) is 2. The van der Waals surface area contributed by atoms with Gasteiger partial charge in [-0.3, -0.25) is 14.5 Å². The molecule has 3 rings (SSSR count). The van der Waals surface area contributed by atoms with Gasteiger partial charge >= 0.3 is 0 Å². The van der Waals surface area contributed by atoms with E-state index in [-0.39, 0.29) is 24.4 Å². The number of pyridine rings is 1. The Kier molecular flexibility index (Phi) is 6.08. The third-order valence-corrected chi connectivity index (χ3v) is 5.35. The summed E-state index contributed by atoms with van der Waals surface area (Å²) in [5, 5.41) is 3.17. The van der Waals surface area contributed by atoms with E-state index in [1.165, 1.54) is 0 Å². The van der Waals surface area contributed by atoms with Gasteiger partial charge in [0.1, 0.15) is 5.82 Å². The molecule has 7 heteroatoms. The fourth-order valence-corrected chi connectivity index (χ4v) is 4.04. The normalized spacial score (nSPS) is 23.6. The van der Waals surface area contributed by atoms with Crippen LogP contribution in [0.25, 0.3) is 0 Å². The highest BCUT2D eigenvalue weighted by Crippen LogP contribution is 2.24. The molecule has 2 fully saturated rings. The number of nitrogens with two attached hydrogens (primary N) is 1. The molecule has 1 aromatic rings. The minimum Gasteiger partial charge on any atom is -0.383 e. The highest BCUT2D eigenvalue weighted by molar-refractivity contribution is 5.86. The van der Waals surface area contributed by atoms with Gasteiger partial charge in [0.25, 0.3) is 0 Å². The molecule has 0 bridgehead atoms. The Bertz CT molecular complexity index is 651. The number of hydrogen-bond acceptors (Lipinski definition) is 5. The Balaban J connectivity index is 1.57. The van der Waals surface area contributed by atoms with E-state index < -0.39 is 0 Å². The highest BCUT2D eigenvalue weighted by atomic mass is 16.2. The van der Waals surface area contributed by atoms with E-state index in [0.29, 0.717) is 24.7 Å². The lowest BCUT2D eigenvalue weighted by Crippen LogP contribution is -2.45. The van der Waals surface area contributed by atoms with Gasteiger partial charge in [-0.25, -0.2) is 4.98 Å². The van der Waals surface area contributed by atoms with Crippen LogP contribution in [0.15, 0.2) is 18.3 Å². The maximum absolute atomic E-state index is 12.4. The number of aromatic nitrogens is 1. The van der Waals surface area contributed by atoms with Crippen molar-refractivity contribution in [2.75, 3.05) is 31.9 Å². The number of nitrogens with one attached hydrogen (secondary N) is 1. The molecule has 3 N–H and O–H groups in total. The molecular formula is C19H29N5O2. The molecule has 142 valence electrons. The summed E-state index contributed by atoms with van der Waals surface area (Å²) in [6, 6.07) is 4.03. The summed E-state index contributed by atoms with van der Waals surface area (Å²) >= 11 is 0. The Morgan fingerprint density at radius 2 is 2.27 bits per heavy atom. The Hall–Kier alpha value is -2.15. The van der Waals surface area contributed by atoms with Crippen molar-refractivity contribution in [3.05, 3.63) is 23.9 Å². The van der Waals surface area contributed by atoms with Crippen LogP contribution in [0.3, 0.4) is 0 Å². The number of likely N-dealkylation sites (tertiary alicyclic amines) is 2. The summed E-state index contributed by atoms with van der Waals surface area (Å²) in [6.07, 6.45) is 5.28. The van der Waals surface area contributed by atoms with E-state index in [9.17, 15) is 9.59 Å². The van der Waals surface area contributed by atoms with Crippen LogP contribution in [0.4, 0.5) is 5.82 Å². The highest BCUT2D eigenvalue weighted by Gasteiger charge is 2.34. The van der Waals surface area contributed by atoms with E-state index in [0.717, 1.165) is 44.5 Å². The summed E-state index contributed by atoms with van der Waals surface area (Å²) in [5.74, 6) is 1.04. The summed E-state index contributed by atoms with van der Waals surface area (Å²) in [4.78, 5) is 32.3. The number of amides is 2. The van der Waals surface area contributed by atoms with Crippen LogP contribution in [0.2, 0.25) is 0 Å². The fraction of sp³-hybridized carbons (Fsp3) is 0.632. The smallest absolute Gasteiger partial charge is 0.239 e. The number of nitrogens with zero attached hydrogens (tertiary/aromatic N) is 3. The van der Waals surface area contributed by atoms with Crippen LogP contribution in [0, 0.1) is 5.92 Å². The van der Waals surface area contributed by atoms with Crippen LogP contribution < -0.4 is 11.1 Å². The molecule has 7 nitrogen and oxygen atoms in total. The second-order valence-corrected chi connectivity index (χ2v) is 7.38. The predicted octanol–water partition coefficient (Wildman–Crippen LogP) is 1.00. The van der Waals surface area contributed by atoms with Gasteiger partial charge in [-0.2, -0.15) is 0 Å². The molecule has 0 unspecified atom stereocenters. The summed E-state index contributed by atoms with van der Waals surface area (Å²) in [6.45, 7) is 5.54. The molecule has 2 aliphatic rings. The first-order valence-corrected chi connectivity index (χ1v) is 9.55. The lowest BCUT2D eigenvalue weighted by molar-refractivity contribution is -0.133. The minimum atomic E-state index is -0.0471. The lowest BCUT2D eigenvalue weighted by atomic mass is 9.98. The van der Waals surface area contributed by atoms with Gasteiger partial charge in [-0.15, -0.1) is 0 Å². The van der Waals surface area contributed by atoms with Crippen molar-refractivity contribution in [3.63, 3.8) is 0 Å². The average Bonchev–Trinajstić information content (AvgIpc) is 3.17. The van der Waals surface area contributed by atoms with Gasteiger partial charge < -0.3 is 16.0 Å². The van der Waals surface area contributed by atoms with Crippen LogP contribution in [-0.4, -0.2) is 58.8 Å². The largest absolute Gasteiger partial charge is 0.383 e. The summed E-state index contributed by atoms with van der Waals surface area (Å²) < 4.78 is 0. The second-order valence-electron chi connectivity index (χ2n) is 7.38. The lowest BCUT2D eigenvalue weighted by Gasteiger charge is -2.22. The molecule has 2 amide bonds. The van der Waals surface area contributed by atoms with Crippen molar-refractivity contribution in [3.8, 4) is 0 Å². The van der Waals surface area contributed by atoms with Crippen molar-refractivity contribution < 1.29 is 9.59 Å².